The Hall–Kier alpha value is -1.07. The molecular weight excluding hydrogens is 216 g/mol. The van der Waals surface area contributed by atoms with Crippen molar-refractivity contribution in [3.8, 4) is 0 Å². The number of halogens is 1. The van der Waals surface area contributed by atoms with Crippen molar-refractivity contribution in [2.24, 2.45) is 0 Å². The van der Waals surface area contributed by atoms with Crippen molar-refractivity contribution >= 4 is 23.4 Å². The number of hydrogen-bond donors (Lipinski definition) is 1. The Labute approximate surface area is 93.2 Å². The average molecular weight is 229 g/mol. The molecule has 82 valence electrons. The summed E-state index contributed by atoms with van der Waals surface area (Å²) in [6, 6.07) is 1.73. The van der Waals surface area contributed by atoms with Crippen LogP contribution in [0.2, 0.25) is 5.15 Å². The average Bonchev–Trinajstić information content (AvgIpc) is 2.43. The number of ether oxygens (including phenoxy) is 1. The van der Waals surface area contributed by atoms with Crippen LogP contribution in [0, 0.1) is 0 Å². The van der Waals surface area contributed by atoms with Crippen LogP contribution >= 0.6 is 11.6 Å². The fraction of sp³-hybridized carbons (Fsp3) is 0.556. The number of nitrogens with zero attached hydrogens (tertiary/aromatic N) is 3. The summed E-state index contributed by atoms with van der Waals surface area (Å²) >= 11 is 5.82. The molecule has 5 nitrogen and oxygen atoms in total. The molecule has 2 N–H and O–H groups in total. The number of hydrogen-bond acceptors (Lipinski definition) is 5. The summed E-state index contributed by atoms with van der Waals surface area (Å²) < 4.78 is 5.36. The van der Waals surface area contributed by atoms with E-state index in [-0.39, 0.29) is 5.95 Å². The zero-order valence-electron chi connectivity index (χ0n) is 8.32. The number of anilines is 2. The molecule has 1 aromatic heterocycles. The first-order chi connectivity index (χ1) is 7.25. The van der Waals surface area contributed by atoms with Gasteiger partial charge in [0.15, 0.2) is 0 Å². The van der Waals surface area contributed by atoms with Gasteiger partial charge in [-0.15, -0.1) is 0 Å². The van der Waals surface area contributed by atoms with Crippen LogP contribution in [0.4, 0.5) is 11.8 Å². The molecule has 0 saturated carbocycles. The van der Waals surface area contributed by atoms with Gasteiger partial charge in [0.05, 0.1) is 6.61 Å². The molecule has 1 fully saturated rings. The Morgan fingerprint density at radius 1 is 1.33 bits per heavy atom. The summed E-state index contributed by atoms with van der Waals surface area (Å²) in [5.41, 5.74) is 5.54. The molecule has 6 heteroatoms. The van der Waals surface area contributed by atoms with Crippen LogP contribution in [-0.4, -0.2) is 36.3 Å². The molecule has 0 unspecified atom stereocenters. The van der Waals surface area contributed by atoms with E-state index in [1.807, 2.05) is 0 Å². The van der Waals surface area contributed by atoms with Gasteiger partial charge >= 0.3 is 0 Å². The highest BCUT2D eigenvalue weighted by molar-refractivity contribution is 6.29. The fourth-order valence-corrected chi connectivity index (χ4v) is 1.74. The molecule has 1 saturated heterocycles. The number of rotatable bonds is 1. The summed E-state index contributed by atoms with van der Waals surface area (Å²) in [7, 11) is 0. The summed E-state index contributed by atoms with van der Waals surface area (Å²) in [5.74, 6) is 0.987. The van der Waals surface area contributed by atoms with E-state index >= 15 is 0 Å². The predicted octanol–water partition coefficient (Wildman–Crippen LogP) is 0.939. The van der Waals surface area contributed by atoms with Gasteiger partial charge in [0.25, 0.3) is 0 Å². The largest absolute Gasteiger partial charge is 0.380 e. The minimum atomic E-state index is 0.211. The molecule has 0 bridgehead atoms. The lowest BCUT2D eigenvalue weighted by molar-refractivity contribution is 0.152. The standard InChI is InChI=1S/C9H13ClN4O/c10-7-6-8(13-9(11)12-7)14-2-1-4-15-5-3-14/h6H,1-5H2,(H2,11,12,13). The second-order valence-corrected chi connectivity index (χ2v) is 3.75. The third-order valence-corrected chi connectivity index (χ3v) is 2.44. The third-order valence-electron chi connectivity index (χ3n) is 2.24. The molecule has 1 aliphatic heterocycles. The van der Waals surface area contributed by atoms with Gasteiger partial charge in [-0.25, -0.2) is 4.98 Å². The summed E-state index contributed by atoms with van der Waals surface area (Å²) in [5, 5.41) is 0.377. The molecule has 0 radical (unpaired) electrons. The Balaban J connectivity index is 2.19. The van der Waals surface area contributed by atoms with Crippen molar-refractivity contribution in [1.29, 1.82) is 0 Å². The molecule has 0 amide bonds. The lowest BCUT2D eigenvalue weighted by atomic mass is 10.4. The Kier molecular flexibility index (Phi) is 3.23. The molecular formula is C9H13ClN4O. The van der Waals surface area contributed by atoms with Crippen molar-refractivity contribution in [3.63, 3.8) is 0 Å². The maximum absolute atomic E-state index is 5.82. The normalized spacial score (nSPS) is 17.5. The zero-order chi connectivity index (χ0) is 10.7. The van der Waals surface area contributed by atoms with Crippen molar-refractivity contribution in [1.82, 2.24) is 9.97 Å². The Morgan fingerprint density at radius 2 is 2.20 bits per heavy atom. The molecule has 0 spiro atoms. The van der Waals surface area contributed by atoms with E-state index in [4.69, 9.17) is 22.1 Å². The smallest absolute Gasteiger partial charge is 0.223 e. The van der Waals surface area contributed by atoms with Crippen LogP contribution in [0.3, 0.4) is 0 Å². The molecule has 1 aliphatic rings. The lowest BCUT2D eigenvalue weighted by Crippen LogP contribution is -2.27. The fourth-order valence-electron chi connectivity index (χ4n) is 1.56. The van der Waals surface area contributed by atoms with E-state index in [2.05, 4.69) is 14.9 Å². The van der Waals surface area contributed by atoms with Gasteiger partial charge in [0.1, 0.15) is 11.0 Å². The van der Waals surface area contributed by atoms with Gasteiger partial charge in [-0.05, 0) is 6.42 Å². The van der Waals surface area contributed by atoms with Crippen LogP contribution in [0.15, 0.2) is 6.07 Å². The Bertz CT molecular complexity index is 319. The van der Waals surface area contributed by atoms with Gasteiger partial charge in [0, 0.05) is 25.8 Å². The second-order valence-electron chi connectivity index (χ2n) is 3.36. The highest BCUT2D eigenvalue weighted by Gasteiger charge is 2.12. The molecule has 15 heavy (non-hydrogen) atoms. The minimum absolute atomic E-state index is 0.211. The highest BCUT2D eigenvalue weighted by atomic mass is 35.5. The van der Waals surface area contributed by atoms with Crippen LogP contribution in [0.25, 0.3) is 0 Å². The van der Waals surface area contributed by atoms with Gasteiger partial charge in [-0.1, -0.05) is 11.6 Å². The maximum atomic E-state index is 5.82. The first-order valence-corrected chi connectivity index (χ1v) is 5.26. The first-order valence-electron chi connectivity index (χ1n) is 4.88. The lowest BCUT2D eigenvalue weighted by Gasteiger charge is -2.20. The van der Waals surface area contributed by atoms with E-state index in [0.29, 0.717) is 11.8 Å². The van der Waals surface area contributed by atoms with E-state index in [1.165, 1.54) is 0 Å². The number of aromatic nitrogens is 2. The number of nitrogen functional groups attached to an aromatic ring is 1. The van der Waals surface area contributed by atoms with Crippen molar-refractivity contribution in [3.05, 3.63) is 11.2 Å². The molecule has 2 rings (SSSR count). The van der Waals surface area contributed by atoms with Gasteiger partial charge in [-0.2, -0.15) is 4.98 Å². The van der Waals surface area contributed by atoms with E-state index in [0.717, 1.165) is 31.9 Å². The highest BCUT2D eigenvalue weighted by Crippen LogP contribution is 2.17. The SMILES string of the molecule is Nc1nc(Cl)cc(N2CCCOCC2)n1. The Morgan fingerprint density at radius 3 is 3.00 bits per heavy atom. The molecule has 2 heterocycles. The number of nitrogens with two attached hydrogens (primary N) is 1. The van der Waals surface area contributed by atoms with Gasteiger partial charge in [0.2, 0.25) is 5.95 Å². The zero-order valence-corrected chi connectivity index (χ0v) is 9.07. The third kappa shape index (κ3) is 2.70. The predicted molar refractivity (Wildman–Crippen MR) is 59.1 cm³/mol. The van der Waals surface area contributed by atoms with E-state index < -0.39 is 0 Å². The van der Waals surface area contributed by atoms with Crippen LogP contribution in [0.5, 0.6) is 0 Å². The summed E-state index contributed by atoms with van der Waals surface area (Å²) in [6.45, 7) is 3.23. The van der Waals surface area contributed by atoms with E-state index in [9.17, 15) is 0 Å². The van der Waals surface area contributed by atoms with Crippen LogP contribution in [-0.2, 0) is 4.74 Å². The summed E-state index contributed by atoms with van der Waals surface area (Å²) in [4.78, 5) is 10.1. The van der Waals surface area contributed by atoms with Gasteiger partial charge < -0.3 is 15.4 Å². The summed E-state index contributed by atoms with van der Waals surface area (Å²) in [6.07, 6.45) is 0.988. The van der Waals surface area contributed by atoms with Crippen molar-refractivity contribution < 1.29 is 4.74 Å². The van der Waals surface area contributed by atoms with Crippen molar-refractivity contribution in [2.75, 3.05) is 36.9 Å². The molecule has 1 aromatic rings. The quantitative estimate of drug-likeness (QED) is 0.725. The second kappa shape index (κ2) is 4.63. The molecule has 0 aliphatic carbocycles. The monoisotopic (exact) mass is 228 g/mol. The molecule has 0 atom stereocenters. The topological polar surface area (TPSA) is 64.3 Å². The van der Waals surface area contributed by atoms with E-state index in [1.54, 1.807) is 6.07 Å². The first kappa shape index (κ1) is 10.4. The maximum Gasteiger partial charge on any atom is 0.223 e. The minimum Gasteiger partial charge on any atom is -0.380 e. The van der Waals surface area contributed by atoms with Crippen LogP contribution in [0.1, 0.15) is 6.42 Å². The van der Waals surface area contributed by atoms with Crippen molar-refractivity contribution in [2.45, 2.75) is 6.42 Å². The van der Waals surface area contributed by atoms with Crippen LogP contribution < -0.4 is 10.6 Å². The molecule has 0 aromatic carbocycles. The van der Waals surface area contributed by atoms with Gasteiger partial charge in [-0.3, -0.25) is 0 Å².